The van der Waals surface area contributed by atoms with Gasteiger partial charge in [0.05, 0.1) is 32.2 Å². The lowest BCUT2D eigenvalue weighted by molar-refractivity contribution is -0.144. The number of hydrogen-bond acceptors (Lipinski definition) is 19. The Morgan fingerprint density at radius 1 is 0.437 bits per heavy atom. The fraction of sp³-hybridized carbons (Fsp3) is 0.687. The number of rotatable bonds is 48. The van der Waals surface area contributed by atoms with Gasteiger partial charge in [-0.2, -0.15) is 0 Å². The summed E-state index contributed by atoms with van der Waals surface area (Å²) in [5.41, 5.74) is 11.9. The fourth-order valence-electron chi connectivity index (χ4n) is 10.6. The number of carbonyl (C=O) groups is 15. The Kier molecular flexibility index (Phi) is 38.8. The quantitative estimate of drug-likeness (QED) is 0.0324. The molecule has 2 aromatic rings. The number of carboxylic acid groups (broad SMARTS) is 2. The monoisotopic (exact) mass is 1460 g/mol. The van der Waals surface area contributed by atoms with Crippen molar-refractivity contribution < 1.29 is 87.2 Å². The minimum absolute atomic E-state index is 0.0307. The number of carbonyl (C=O) groups excluding carboxylic acids is 13. The van der Waals surface area contributed by atoms with Crippen molar-refractivity contribution in [2.75, 3.05) is 13.2 Å². The lowest BCUT2D eigenvalue weighted by Crippen LogP contribution is -2.62. The third-order valence-corrected chi connectivity index (χ3v) is 17.1. The van der Waals surface area contributed by atoms with Crippen LogP contribution < -0.4 is 75.3 Å². The molecule has 2 rings (SSSR count). The molecular weight excluding hydrogens is 1340 g/mol. The second-order valence-corrected chi connectivity index (χ2v) is 27.7. The van der Waals surface area contributed by atoms with Gasteiger partial charge in [-0.3, -0.25) is 67.1 Å². The maximum absolute atomic E-state index is 14.4. The highest BCUT2D eigenvalue weighted by molar-refractivity contribution is 6.00. The first-order chi connectivity index (χ1) is 48.3. The van der Waals surface area contributed by atoms with E-state index in [2.05, 4.69) is 83.7 Å². The van der Waals surface area contributed by atoms with Gasteiger partial charge in [0.2, 0.25) is 76.8 Å². The minimum Gasteiger partial charge on any atom is -0.481 e. The van der Waals surface area contributed by atoms with E-state index in [-0.39, 0.29) is 62.7 Å². The molecule has 0 bridgehead atoms. The Bertz CT molecular complexity index is 3150. The summed E-state index contributed by atoms with van der Waals surface area (Å²) in [5.74, 6) is -17.6. The van der Waals surface area contributed by atoms with Gasteiger partial charge >= 0.3 is 11.9 Å². The number of amides is 13. The molecule has 0 saturated heterocycles. The third-order valence-electron chi connectivity index (χ3n) is 17.1. The number of imidazole rings is 2. The lowest BCUT2D eigenvalue weighted by Gasteiger charge is -2.30. The number of aromatic nitrogens is 4. The Hall–Kier alpha value is -9.61. The number of nitrogens with zero attached hydrogens (tertiary/aromatic N) is 2. The average Bonchev–Trinajstić information content (AvgIpc) is 1.35. The molecule has 36 nitrogen and oxygen atoms in total. The second-order valence-electron chi connectivity index (χ2n) is 27.7. The van der Waals surface area contributed by atoms with Crippen LogP contribution in [-0.4, -0.2) is 210 Å². The average molecular weight is 1460 g/mol. The first kappa shape index (κ1) is 89.5. The molecule has 103 heavy (non-hydrogen) atoms. The van der Waals surface area contributed by atoms with Gasteiger partial charge in [-0.15, -0.1) is 0 Å². The Labute approximate surface area is 600 Å². The number of carboxylic acids is 2. The van der Waals surface area contributed by atoms with Gasteiger partial charge in [0.25, 0.3) is 0 Å². The van der Waals surface area contributed by atoms with Gasteiger partial charge < -0.3 is 101 Å². The Morgan fingerprint density at radius 2 is 0.786 bits per heavy atom. The van der Waals surface area contributed by atoms with Crippen molar-refractivity contribution in [1.29, 1.82) is 0 Å². The molecule has 2 aromatic heterocycles. The standard InChI is InChI=1S/C67H112N18O18/c1-15-36(12)53(65(100)76-42(18-19-51(89)90)58(93)85-55(67(102)103)38(14)17-3)84-63(98)47(24-40-27-71-31-74-40)79-59(94)43(20-32(4)5)75-50(88)28-72-57(92)46(23-39-26-70-30-73-39)78-61(96)48(25-49(69)87)81-66(101)54(37(13)16-2)83-62(97)45(22-34(8)9)77-60(95)44(21-33(6)7)80-64(99)52(35(10)11)82-56(91)41(68)29-86/h26-27,30-38,41-48,52-55,86H,15-25,28-29,68H2,1-14H3,(H2,69,87)(H,70,73)(H,71,74)(H,72,92)(H,75,88)(H,76,100)(H,77,95)(H,78,96)(H,79,94)(H,80,99)(H,81,101)(H,82,91)(H,83,97)(H,84,98)(H,85,93)(H,89,90)(H,102,103)/t36-,37-,38-,41-,42-,43-,44-,45-,46-,47-,48-,52-,53-,54-,55-/m0/s1. The van der Waals surface area contributed by atoms with Crippen molar-refractivity contribution >= 4 is 88.7 Å². The van der Waals surface area contributed by atoms with E-state index in [0.717, 1.165) is 0 Å². The van der Waals surface area contributed by atoms with Gasteiger partial charge in [0.15, 0.2) is 0 Å². The van der Waals surface area contributed by atoms with E-state index >= 15 is 0 Å². The summed E-state index contributed by atoms with van der Waals surface area (Å²) >= 11 is 0. The van der Waals surface area contributed by atoms with Crippen molar-refractivity contribution in [3.63, 3.8) is 0 Å². The number of H-pyrrole nitrogens is 2. The largest absolute Gasteiger partial charge is 0.481 e. The van der Waals surface area contributed by atoms with Crippen LogP contribution >= 0.6 is 0 Å². The second kappa shape index (κ2) is 44.7. The van der Waals surface area contributed by atoms with Crippen molar-refractivity contribution in [2.24, 2.45) is 52.9 Å². The first-order valence-corrected chi connectivity index (χ1v) is 34.9. The summed E-state index contributed by atoms with van der Waals surface area (Å²) in [4.78, 5) is 218. The molecule has 0 aliphatic heterocycles. The summed E-state index contributed by atoms with van der Waals surface area (Å²) in [6.07, 6.45) is 3.87. The summed E-state index contributed by atoms with van der Waals surface area (Å²) in [5, 5.41) is 59.5. The zero-order chi connectivity index (χ0) is 78.1. The molecular formula is C67H112N18O18. The summed E-state index contributed by atoms with van der Waals surface area (Å²) in [6, 6.07) is -17.0. The van der Waals surface area contributed by atoms with E-state index < -0.39 is 217 Å². The van der Waals surface area contributed by atoms with Gasteiger partial charge in [-0.1, -0.05) is 116 Å². The van der Waals surface area contributed by atoms with Crippen LogP contribution in [0.3, 0.4) is 0 Å². The van der Waals surface area contributed by atoms with E-state index in [0.29, 0.717) is 17.8 Å². The van der Waals surface area contributed by atoms with E-state index in [9.17, 15) is 87.2 Å². The number of nitrogens with one attached hydrogen (secondary N) is 14. The zero-order valence-corrected chi connectivity index (χ0v) is 61.5. The van der Waals surface area contributed by atoms with Crippen LogP contribution in [-0.2, 0) is 84.8 Å². The van der Waals surface area contributed by atoms with Crippen LogP contribution in [0.5, 0.6) is 0 Å². The molecule has 0 spiro atoms. The zero-order valence-electron chi connectivity index (χ0n) is 61.5. The summed E-state index contributed by atoms with van der Waals surface area (Å²) in [7, 11) is 0. The van der Waals surface area contributed by atoms with Gasteiger partial charge in [0, 0.05) is 43.0 Å². The number of aromatic amines is 2. The molecule has 0 aliphatic carbocycles. The molecule has 21 N–H and O–H groups in total. The highest BCUT2D eigenvalue weighted by atomic mass is 16.4. The predicted octanol–water partition coefficient (Wildman–Crippen LogP) is -2.56. The normalized spacial score (nSPS) is 15.8. The van der Waals surface area contributed by atoms with Crippen molar-refractivity contribution in [3.05, 3.63) is 36.4 Å². The predicted molar refractivity (Wildman–Crippen MR) is 374 cm³/mol. The molecule has 15 atom stereocenters. The lowest BCUT2D eigenvalue weighted by atomic mass is 9.95. The fourth-order valence-corrected chi connectivity index (χ4v) is 10.6. The third kappa shape index (κ3) is 31.7. The number of aliphatic hydroxyl groups excluding tert-OH is 1. The van der Waals surface area contributed by atoms with Gasteiger partial charge in [-0.25, -0.2) is 14.8 Å². The smallest absolute Gasteiger partial charge is 0.326 e. The number of aliphatic carboxylic acids is 2. The van der Waals surface area contributed by atoms with E-state index in [4.69, 9.17) is 11.5 Å². The van der Waals surface area contributed by atoms with Crippen LogP contribution in [0.4, 0.5) is 0 Å². The number of nitrogens with two attached hydrogens (primary N) is 2. The molecule has 0 aliphatic rings. The number of primary amides is 1. The highest BCUT2D eigenvalue weighted by Crippen LogP contribution is 2.17. The van der Waals surface area contributed by atoms with Crippen LogP contribution in [0.2, 0.25) is 0 Å². The molecule has 2 heterocycles. The van der Waals surface area contributed by atoms with Crippen LogP contribution in [0.25, 0.3) is 0 Å². The molecule has 0 saturated carbocycles. The summed E-state index contributed by atoms with van der Waals surface area (Å²) in [6.45, 7) is 22.4. The molecule has 13 amide bonds. The van der Waals surface area contributed by atoms with Crippen molar-refractivity contribution in [2.45, 2.75) is 240 Å². The Balaban J connectivity index is 2.45. The van der Waals surface area contributed by atoms with E-state index in [1.165, 1.54) is 25.0 Å². The molecule has 0 radical (unpaired) electrons. The molecule has 0 aromatic carbocycles. The van der Waals surface area contributed by atoms with Crippen LogP contribution in [0.1, 0.15) is 166 Å². The van der Waals surface area contributed by atoms with Crippen LogP contribution in [0, 0.1) is 41.4 Å². The number of aliphatic hydroxyl groups is 1. The van der Waals surface area contributed by atoms with Crippen molar-refractivity contribution in [3.8, 4) is 0 Å². The topological polar surface area (TPSA) is 570 Å². The maximum Gasteiger partial charge on any atom is 0.326 e. The van der Waals surface area contributed by atoms with E-state index in [1.54, 1.807) is 96.9 Å². The van der Waals surface area contributed by atoms with E-state index in [1.807, 2.05) is 0 Å². The maximum atomic E-state index is 14.4. The molecule has 36 heteroatoms. The number of hydrogen-bond donors (Lipinski definition) is 19. The van der Waals surface area contributed by atoms with Gasteiger partial charge in [-0.05, 0) is 67.1 Å². The first-order valence-electron chi connectivity index (χ1n) is 34.9. The molecule has 0 fully saturated rings. The molecule has 0 unspecified atom stereocenters. The molecule has 578 valence electrons. The van der Waals surface area contributed by atoms with Crippen LogP contribution in [0.15, 0.2) is 25.0 Å². The van der Waals surface area contributed by atoms with Gasteiger partial charge in [0.1, 0.15) is 72.5 Å². The highest BCUT2D eigenvalue weighted by Gasteiger charge is 2.39. The van der Waals surface area contributed by atoms with Crippen molar-refractivity contribution in [1.82, 2.24) is 83.7 Å². The minimum atomic E-state index is -1.79. The Morgan fingerprint density at radius 3 is 1.18 bits per heavy atom. The SMILES string of the molecule is CC[C@H](C)[C@H](NC(=O)[C@H](CCC(=O)O)NC(=O)[C@@H](NC(=O)[C@H](Cc1cnc[nH]1)NC(=O)[C@H](CC(C)C)NC(=O)CNC(=O)[C@H](Cc1cnc[nH]1)NC(=O)[C@H](CC(N)=O)NC(=O)[C@@H](NC(=O)[C@H](CC(C)C)NC(=O)[C@H](CC(C)C)NC(=O)[C@@H](NC(=O)[C@@H](N)CO)C(C)C)[C@@H](C)CC)[C@@H](C)CC)C(=O)O. The summed E-state index contributed by atoms with van der Waals surface area (Å²) < 4.78 is 0.